The first kappa shape index (κ1) is 19.4. The monoisotopic (exact) mass is 397 g/mol. The lowest BCUT2D eigenvalue weighted by atomic mass is 10.1. The summed E-state index contributed by atoms with van der Waals surface area (Å²) < 4.78 is 39.9. The average Bonchev–Trinajstić information content (AvgIpc) is 2.63. The molecule has 1 saturated heterocycles. The fourth-order valence-electron chi connectivity index (χ4n) is 3.00. The maximum atomic E-state index is 13.3. The molecule has 0 aliphatic carbocycles. The van der Waals surface area contributed by atoms with Crippen LogP contribution in [0.4, 0.5) is 29.3 Å². The van der Waals surface area contributed by atoms with E-state index < -0.39 is 11.7 Å². The van der Waals surface area contributed by atoms with Gasteiger partial charge in [0.1, 0.15) is 0 Å². The van der Waals surface area contributed by atoms with Crippen LogP contribution in [0.5, 0.6) is 0 Å². The first-order valence-corrected chi connectivity index (χ1v) is 8.86. The van der Waals surface area contributed by atoms with Gasteiger partial charge in [-0.3, -0.25) is 0 Å². The summed E-state index contributed by atoms with van der Waals surface area (Å²) in [5.74, 6) is 0. The summed E-state index contributed by atoms with van der Waals surface area (Å²) in [6.07, 6.45) is -4.49. The average molecular weight is 398 g/mol. The number of nitrogens with zero attached hydrogens (tertiary/aromatic N) is 2. The van der Waals surface area contributed by atoms with E-state index in [1.54, 1.807) is 9.80 Å². The maximum absolute atomic E-state index is 13.3. The molecule has 1 aliphatic heterocycles. The van der Waals surface area contributed by atoms with Crippen LogP contribution in [0.1, 0.15) is 11.1 Å². The minimum Gasteiger partial charge on any atom is -0.367 e. The Labute approximate surface area is 160 Å². The molecule has 2 aromatic rings. The summed E-state index contributed by atoms with van der Waals surface area (Å²) in [6.45, 7) is 3.24. The molecular formula is C19H19ClF3N3O. The number of benzene rings is 2. The van der Waals surface area contributed by atoms with E-state index in [0.29, 0.717) is 31.9 Å². The second-order valence-electron chi connectivity index (χ2n) is 6.43. The molecule has 0 atom stereocenters. The number of alkyl halides is 3. The molecule has 27 heavy (non-hydrogen) atoms. The standard InChI is InChI=1S/C19H19ClF3N3O/c1-13-2-5-15(6-3-13)24-18(27)26-10-8-25(9-11-26)17-7-4-14(20)12-16(17)19(21,22)23/h2-7,12H,8-11H2,1H3,(H,24,27). The van der Waals surface area contributed by atoms with Crippen LogP contribution in [0.25, 0.3) is 0 Å². The Morgan fingerprint density at radius 1 is 1.04 bits per heavy atom. The quantitative estimate of drug-likeness (QED) is 0.772. The van der Waals surface area contributed by atoms with Crippen molar-refractivity contribution in [1.29, 1.82) is 0 Å². The smallest absolute Gasteiger partial charge is 0.367 e. The van der Waals surface area contributed by atoms with E-state index in [1.807, 2.05) is 31.2 Å². The van der Waals surface area contributed by atoms with Gasteiger partial charge in [-0.25, -0.2) is 4.79 Å². The van der Waals surface area contributed by atoms with Crippen molar-refractivity contribution in [1.82, 2.24) is 4.90 Å². The van der Waals surface area contributed by atoms with Gasteiger partial charge in [-0.15, -0.1) is 0 Å². The number of halogens is 4. The van der Waals surface area contributed by atoms with E-state index in [2.05, 4.69) is 5.32 Å². The largest absolute Gasteiger partial charge is 0.418 e. The second-order valence-corrected chi connectivity index (χ2v) is 6.87. The topological polar surface area (TPSA) is 35.6 Å². The highest BCUT2D eigenvalue weighted by Crippen LogP contribution is 2.38. The molecule has 2 amide bonds. The van der Waals surface area contributed by atoms with Crippen molar-refractivity contribution in [2.24, 2.45) is 0 Å². The molecule has 1 N–H and O–H groups in total. The molecular weight excluding hydrogens is 379 g/mol. The fourth-order valence-corrected chi connectivity index (χ4v) is 3.17. The molecule has 0 bridgehead atoms. The maximum Gasteiger partial charge on any atom is 0.418 e. The number of hydrogen-bond donors (Lipinski definition) is 1. The molecule has 144 valence electrons. The number of carbonyl (C=O) groups is 1. The van der Waals surface area contributed by atoms with Crippen molar-refractivity contribution in [3.8, 4) is 0 Å². The third-order valence-corrected chi connectivity index (χ3v) is 4.71. The predicted octanol–water partition coefficient (Wildman–Crippen LogP) is 5.02. The van der Waals surface area contributed by atoms with Gasteiger partial charge in [-0.05, 0) is 37.3 Å². The third kappa shape index (κ3) is 4.66. The minimum atomic E-state index is -4.49. The van der Waals surface area contributed by atoms with Gasteiger partial charge in [0.2, 0.25) is 0 Å². The number of aryl methyl sites for hydroxylation is 1. The highest BCUT2D eigenvalue weighted by Gasteiger charge is 2.36. The molecule has 2 aromatic carbocycles. The number of piperazine rings is 1. The highest BCUT2D eigenvalue weighted by atomic mass is 35.5. The molecule has 1 fully saturated rings. The van der Waals surface area contributed by atoms with Crippen LogP contribution in [0.2, 0.25) is 5.02 Å². The summed E-state index contributed by atoms with van der Waals surface area (Å²) in [7, 11) is 0. The third-order valence-electron chi connectivity index (χ3n) is 4.47. The lowest BCUT2D eigenvalue weighted by molar-refractivity contribution is -0.137. The van der Waals surface area contributed by atoms with Gasteiger partial charge in [-0.1, -0.05) is 29.3 Å². The molecule has 0 spiro atoms. The number of carbonyl (C=O) groups excluding carboxylic acids is 1. The van der Waals surface area contributed by atoms with Crippen molar-refractivity contribution in [2.45, 2.75) is 13.1 Å². The van der Waals surface area contributed by atoms with Crippen molar-refractivity contribution >= 4 is 29.0 Å². The van der Waals surface area contributed by atoms with Gasteiger partial charge in [-0.2, -0.15) is 13.2 Å². The normalized spacial score (nSPS) is 15.0. The van der Waals surface area contributed by atoms with E-state index in [4.69, 9.17) is 11.6 Å². The van der Waals surface area contributed by atoms with Crippen molar-refractivity contribution in [2.75, 3.05) is 36.4 Å². The Hall–Kier alpha value is -2.41. The number of anilines is 2. The van der Waals surface area contributed by atoms with E-state index in [-0.39, 0.29) is 16.7 Å². The van der Waals surface area contributed by atoms with Crippen molar-refractivity contribution in [3.05, 3.63) is 58.6 Å². The number of hydrogen-bond acceptors (Lipinski definition) is 2. The number of amides is 2. The van der Waals surface area contributed by atoms with Gasteiger partial charge in [0, 0.05) is 42.6 Å². The summed E-state index contributed by atoms with van der Waals surface area (Å²) >= 11 is 5.73. The Bertz CT molecular complexity index is 816. The Kier molecular flexibility index (Phi) is 5.51. The molecule has 0 aromatic heterocycles. The molecule has 1 heterocycles. The van der Waals surface area contributed by atoms with Crippen molar-refractivity contribution in [3.63, 3.8) is 0 Å². The molecule has 0 saturated carbocycles. The zero-order valence-corrected chi connectivity index (χ0v) is 15.4. The summed E-state index contributed by atoms with van der Waals surface area (Å²) in [5.41, 5.74) is 1.10. The van der Waals surface area contributed by atoms with Crippen LogP contribution in [0.15, 0.2) is 42.5 Å². The van der Waals surface area contributed by atoms with Crippen LogP contribution < -0.4 is 10.2 Å². The lowest BCUT2D eigenvalue weighted by Gasteiger charge is -2.37. The summed E-state index contributed by atoms with van der Waals surface area (Å²) in [6, 6.07) is 10.9. The Balaban J connectivity index is 1.65. The lowest BCUT2D eigenvalue weighted by Crippen LogP contribution is -2.50. The molecule has 1 aliphatic rings. The van der Waals surface area contributed by atoms with E-state index in [9.17, 15) is 18.0 Å². The molecule has 3 rings (SSSR count). The van der Waals surface area contributed by atoms with Gasteiger partial charge < -0.3 is 15.1 Å². The number of rotatable bonds is 2. The van der Waals surface area contributed by atoms with Gasteiger partial charge in [0.05, 0.1) is 5.56 Å². The van der Waals surface area contributed by atoms with Crippen molar-refractivity contribution < 1.29 is 18.0 Å². The number of urea groups is 1. The fraction of sp³-hybridized carbons (Fsp3) is 0.316. The predicted molar refractivity (Wildman–Crippen MR) is 100 cm³/mol. The molecule has 8 heteroatoms. The zero-order chi connectivity index (χ0) is 19.6. The Morgan fingerprint density at radius 2 is 1.67 bits per heavy atom. The first-order chi connectivity index (χ1) is 12.7. The minimum absolute atomic E-state index is 0.0437. The summed E-state index contributed by atoms with van der Waals surface area (Å²) in [4.78, 5) is 15.6. The number of nitrogens with one attached hydrogen (secondary N) is 1. The van der Waals surface area contributed by atoms with Crippen LogP contribution in [0.3, 0.4) is 0 Å². The Morgan fingerprint density at radius 3 is 2.26 bits per heavy atom. The van der Waals surface area contributed by atoms with Crippen LogP contribution in [-0.2, 0) is 6.18 Å². The SMILES string of the molecule is Cc1ccc(NC(=O)N2CCN(c3ccc(Cl)cc3C(F)(F)F)CC2)cc1. The molecule has 0 unspecified atom stereocenters. The van der Waals surface area contributed by atoms with Crippen LogP contribution >= 0.6 is 11.6 Å². The van der Waals surface area contributed by atoms with E-state index in [0.717, 1.165) is 11.6 Å². The van der Waals surface area contributed by atoms with Gasteiger partial charge in [0.15, 0.2) is 0 Å². The summed E-state index contributed by atoms with van der Waals surface area (Å²) in [5, 5.41) is 2.85. The molecule has 4 nitrogen and oxygen atoms in total. The van der Waals surface area contributed by atoms with Crippen LogP contribution in [0, 0.1) is 6.92 Å². The first-order valence-electron chi connectivity index (χ1n) is 8.48. The van der Waals surface area contributed by atoms with Gasteiger partial charge >= 0.3 is 12.2 Å². The van der Waals surface area contributed by atoms with Crippen LogP contribution in [-0.4, -0.2) is 37.1 Å². The van der Waals surface area contributed by atoms with E-state index in [1.165, 1.54) is 12.1 Å². The zero-order valence-electron chi connectivity index (χ0n) is 14.7. The van der Waals surface area contributed by atoms with E-state index >= 15 is 0 Å². The van der Waals surface area contributed by atoms with Gasteiger partial charge in [0.25, 0.3) is 0 Å². The second kappa shape index (κ2) is 7.68. The highest BCUT2D eigenvalue weighted by molar-refractivity contribution is 6.30. The molecule has 0 radical (unpaired) electrons.